The lowest BCUT2D eigenvalue weighted by atomic mass is 9.93. The van der Waals surface area contributed by atoms with Crippen LogP contribution < -0.4 is 0 Å². The minimum Gasteiger partial charge on any atom is -0.381 e. The van der Waals surface area contributed by atoms with Crippen LogP contribution in [0, 0.1) is 17.2 Å². The number of ether oxygens (including phenoxy) is 1. The van der Waals surface area contributed by atoms with E-state index in [1.54, 1.807) is 0 Å². The van der Waals surface area contributed by atoms with E-state index in [0.717, 1.165) is 54.4 Å². The van der Waals surface area contributed by atoms with E-state index in [1.165, 1.54) is 0 Å². The fourth-order valence-electron chi connectivity index (χ4n) is 3.02. The number of imidazole rings is 1. The van der Waals surface area contributed by atoms with Gasteiger partial charge in [-0.3, -0.25) is 0 Å². The Morgan fingerprint density at radius 2 is 2.14 bits per heavy atom. The largest absolute Gasteiger partial charge is 0.381 e. The van der Waals surface area contributed by atoms with Crippen LogP contribution in [0.4, 0.5) is 0 Å². The Bertz CT molecular complexity index is 723. The summed E-state index contributed by atoms with van der Waals surface area (Å²) >= 11 is 4.40. The van der Waals surface area contributed by atoms with Crippen LogP contribution in [0.1, 0.15) is 32.5 Å². The molecule has 116 valence electrons. The molecule has 1 aliphatic rings. The number of hydrogen-bond acceptors (Lipinski definition) is 4. The zero-order valence-electron chi connectivity index (χ0n) is 13.0. The smallest absolute Gasteiger partial charge is 0.129 e. The SMILES string of the molecule is CC(C)(C#N)c1nc2cc(S)ccc2n1CC1CCOCC1. The van der Waals surface area contributed by atoms with Gasteiger partial charge >= 0.3 is 0 Å². The molecule has 5 heteroatoms. The summed E-state index contributed by atoms with van der Waals surface area (Å²) in [7, 11) is 0. The minimum atomic E-state index is -0.610. The van der Waals surface area contributed by atoms with Crippen molar-refractivity contribution in [3.8, 4) is 6.07 Å². The number of rotatable bonds is 3. The summed E-state index contributed by atoms with van der Waals surface area (Å²) in [5.41, 5.74) is 1.39. The lowest BCUT2D eigenvalue weighted by Crippen LogP contribution is -2.26. The minimum absolute atomic E-state index is 0.579. The van der Waals surface area contributed by atoms with E-state index in [4.69, 9.17) is 9.72 Å². The van der Waals surface area contributed by atoms with Crippen LogP contribution in [-0.4, -0.2) is 22.8 Å². The van der Waals surface area contributed by atoms with E-state index >= 15 is 0 Å². The maximum atomic E-state index is 9.52. The normalized spacial score (nSPS) is 16.8. The van der Waals surface area contributed by atoms with Crippen LogP contribution >= 0.6 is 12.6 Å². The van der Waals surface area contributed by atoms with Gasteiger partial charge in [0.25, 0.3) is 0 Å². The lowest BCUT2D eigenvalue weighted by molar-refractivity contribution is 0.0612. The Morgan fingerprint density at radius 3 is 2.82 bits per heavy atom. The van der Waals surface area contributed by atoms with E-state index in [0.29, 0.717) is 5.92 Å². The molecule has 0 atom stereocenters. The van der Waals surface area contributed by atoms with Gasteiger partial charge in [0.1, 0.15) is 11.2 Å². The van der Waals surface area contributed by atoms with Crippen molar-refractivity contribution in [2.75, 3.05) is 13.2 Å². The fraction of sp³-hybridized carbons (Fsp3) is 0.529. The predicted octanol–water partition coefficient (Wildman–Crippen LogP) is 3.55. The number of thiol groups is 1. The lowest BCUT2D eigenvalue weighted by Gasteiger charge is -2.25. The van der Waals surface area contributed by atoms with Crippen LogP contribution in [0.2, 0.25) is 0 Å². The van der Waals surface area contributed by atoms with Gasteiger partial charge in [-0.25, -0.2) is 4.98 Å². The first-order valence-electron chi connectivity index (χ1n) is 7.70. The van der Waals surface area contributed by atoms with Gasteiger partial charge in [0, 0.05) is 24.7 Å². The molecular formula is C17H21N3OS. The van der Waals surface area contributed by atoms with Gasteiger partial charge in [-0.2, -0.15) is 5.26 Å². The predicted molar refractivity (Wildman–Crippen MR) is 89.2 cm³/mol. The molecule has 2 heterocycles. The molecule has 2 aromatic rings. The van der Waals surface area contributed by atoms with Gasteiger partial charge < -0.3 is 9.30 Å². The zero-order chi connectivity index (χ0) is 15.7. The van der Waals surface area contributed by atoms with Gasteiger partial charge in [-0.15, -0.1) is 12.6 Å². The molecule has 0 spiro atoms. The molecule has 1 saturated heterocycles. The molecule has 4 nitrogen and oxygen atoms in total. The van der Waals surface area contributed by atoms with Gasteiger partial charge in [0.15, 0.2) is 0 Å². The van der Waals surface area contributed by atoms with Crippen LogP contribution in [0.15, 0.2) is 23.1 Å². The Balaban J connectivity index is 2.08. The highest BCUT2D eigenvalue weighted by molar-refractivity contribution is 7.80. The molecule has 3 rings (SSSR count). The van der Waals surface area contributed by atoms with Gasteiger partial charge in [0.2, 0.25) is 0 Å². The third kappa shape index (κ3) is 2.86. The standard InChI is InChI=1S/C17H21N3OS/c1-17(2,11-18)16-19-14-9-13(22)3-4-15(14)20(16)10-12-5-7-21-8-6-12/h3-4,9,12,22H,5-8,10H2,1-2H3. The van der Waals surface area contributed by atoms with E-state index in [2.05, 4.69) is 29.3 Å². The van der Waals surface area contributed by atoms with Crippen molar-refractivity contribution < 1.29 is 4.74 Å². The topological polar surface area (TPSA) is 50.8 Å². The highest BCUT2D eigenvalue weighted by Gasteiger charge is 2.29. The highest BCUT2D eigenvalue weighted by Crippen LogP contribution is 2.30. The number of hydrogen-bond donors (Lipinski definition) is 1. The first-order valence-corrected chi connectivity index (χ1v) is 8.15. The fourth-order valence-corrected chi connectivity index (χ4v) is 3.21. The maximum Gasteiger partial charge on any atom is 0.129 e. The summed E-state index contributed by atoms with van der Waals surface area (Å²) in [6.45, 7) is 6.41. The molecule has 1 aromatic carbocycles. The quantitative estimate of drug-likeness (QED) is 0.881. The Hall–Kier alpha value is -1.51. The summed E-state index contributed by atoms with van der Waals surface area (Å²) in [5.74, 6) is 1.42. The summed E-state index contributed by atoms with van der Waals surface area (Å²) in [6.07, 6.45) is 2.13. The molecule has 0 unspecified atom stereocenters. The summed E-state index contributed by atoms with van der Waals surface area (Å²) in [4.78, 5) is 5.63. The number of benzene rings is 1. The van der Waals surface area contributed by atoms with Crippen molar-refractivity contribution in [1.29, 1.82) is 5.26 Å². The number of nitrogens with zero attached hydrogens (tertiary/aromatic N) is 3. The van der Waals surface area contributed by atoms with Crippen molar-refractivity contribution in [2.24, 2.45) is 5.92 Å². The average molecular weight is 315 g/mol. The van der Waals surface area contributed by atoms with E-state index in [-0.39, 0.29) is 0 Å². The number of nitriles is 1. The van der Waals surface area contributed by atoms with E-state index in [9.17, 15) is 5.26 Å². The van der Waals surface area contributed by atoms with Crippen LogP contribution in [0.3, 0.4) is 0 Å². The monoisotopic (exact) mass is 315 g/mol. The van der Waals surface area contributed by atoms with Crippen molar-refractivity contribution in [3.05, 3.63) is 24.0 Å². The maximum absolute atomic E-state index is 9.52. The van der Waals surface area contributed by atoms with Crippen molar-refractivity contribution in [2.45, 2.75) is 43.5 Å². The van der Waals surface area contributed by atoms with Crippen LogP contribution in [0.25, 0.3) is 11.0 Å². The van der Waals surface area contributed by atoms with Gasteiger partial charge in [-0.05, 0) is 50.8 Å². The Kier molecular flexibility index (Phi) is 4.16. The van der Waals surface area contributed by atoms with E-state index < -0.39 is 5.41 Å². The molecule has 0 N–H and O–H groups in total. The number of fused-ring (bicyclic) bond motifs is 1. The van der Waals surface area contributed by atoms with Crippen molar-refractivity contribution in [3.63, 3.8) is 0 Å². The Morgan fingerprint density at radius 1 is 1.41 bits per heavy atom. The van der Waals surface area contributed by atoms with Crippen molar-refractivity contribution >= 4 is 23.7 Å². The summed E-state index contributed by atoms with van der Waals surface area (Å²) in [5, 5.41) is 9.52. The number of aromatic nitrogens is 2. The second-order valence-electron chi connectivity index (χ2n) is 6.51. The molecule has 0 saturated carbocycles. The molecular weight excluding hydrogens is 294 g/mol. The summed E-state index contributed by atoms with van der Waals surface area (Å²) < 4.78 is 7.68. The zero-order valence-corrected chi connectivity index (χ0v) is 13.9. The summed E-state index contributed by atoms with van der Waals surface area (Å²) in [6, 6.07) is 8.39. The first-order chi connectivity index (χ1) is 10.5. The molecule has 1 fully saturated rings. The van der Waals surface area contributed by atoms with Crippen molar-refractivity contribution in [1.82, 2.24) is 9.55 Å². The van der Waals surface area contributed by atoms with E-state index in [1.807, 2.05) is 26.0 Å². The Labute approximate surface area is 136 Å². The molecule has 0 amide bonds. The third-order valence-electron chi connectivity index (χ3n) is 4.35. The molecule has 22 heavy (non-hydrogen) atoms. The molecule has 1 aliphatic heterocycles. The third-order valence-corrected chi connectivity index (χ3v) is 4.63. The molecule has 1 aromatic heterocycles. The average Bonchev–Trinajstić information content (AvgIpc) is 2.87. The van der Waals surface area contributed by atoms with Gasteiger partial charge in [0.05, 0.1) is 17.1 Å². The second kappa shape index (κ2) is 5.94. The first kappa shape index (κ1) is 15.4. The molecule has 0 aliphatic carbocycles. The van der Waals surface area contributed by atoms with Crippen LogP contribution in [-0.2, 0) is 16.7 Å². The molecule has 0 radical (unpaired) electrons. The van der Waals surface area contributed by atoms with Gasteiger partial charge in [-0.1, -0.05) is 0 Å². The highest BCUT2D eigenvalue weighted by atomic mass is 32.1. The molecule has 0 bridgehead atoms. The van der Waals surface area contributed by atoms with Crippen LogP contribution in [0.5, 0.6) is 0 Å². The second-order valence-corrected chi connectivity index (χ2v) is 7.03.